The minimum absolute atomic E-state index is 0.657. The van der Waals surface area contributed by atoms with Gasteiger partial charge < -0.3 is 15.5 Å². The van der Waals surface area contributed by atoms with E-state index in [1.54, 1.807) is 18.0 Å². The second-order valence-electron chi connectivity index (χ2n) is 4.16. The van der Waals surface area contributed by atoms with E-state index in [4.69, 9.17) is 10.5 Å². The molecule has 0 bridgehead atoms. The zero-order chi connectivity index (χ0) is 12.7. The number of benzene rings is 1. The number of methoxy groups -OCH3 is 1. The average molecular weight is 242 g/mol. The zero-order valence-electron chi connectivity index (χ0n) is 10.3. The van der Waals surface area contributed by atoms with Crippen molar-refractivity contribution in [2.24, 2.45) is 7.05 Å². The van der Waals surface area contributed by atoms with Gasteiger partial charge >= 0.3 is 0 Å². The van der Waals surface area contributed by atoms with E-state index >= 15 is 0 Å². The molecule has 2 aromatic heterocycles. The first-order chi connectivity index (χ1) is 8.72. The van der Waals surface area contributed by atoms with E-state index in [9.17, 15) is 0 Å². The lowest BCUT2D eigenvalue weighted by Crippen LogP contribution is -1.95. The Balaban J connectivity index is 2.37. The van der Waals surface area contributed by atoms with Crippen LogP contribution >= 0.6 is 0 Å². The van der Waals surface area contributed by atoms with Gasteiger partial charge in [-0.1, -0.05) is 6.07 Å². The van der Waals surface area contributed by atoms with Crippen molar-refractivity contribution in [2.75, 3.05) is 12.8 Å². The van der Waals surface area contributed by atoms with Crippen LogP contribution < -0.4 is 10.5 Å². The third-order valence-electron chi connectivity index (χ3n) is 3.11. The topological polar surface area (TPSA) is 68.9 Å². The molecular weight excluding hydrogens is 228 g/mol. The van der Waals surface area contributed by atoms with Gasteiger partial charge in [0.1, 0.15) is 5.75 Å². The number of nitrogens with one attached hydrogen (secondary N) is 1. The van der Waals surface area contributed by atoms with E-state index in [2.05, 4.69) is 10.1 Å². The fraction of sp³-hybridized carbons (Fsp3) is 0.154. The number of fused-ring (bicyclic) bond motifs is 1. The number of anilines is 1. The van der Waals surface area contributed by atoms with Crippen molar-refractivity contribution in [3.63, 3.8) is 0 Å². The second kappa shape index (κ2) is 3.80. The molecule has 0 aliphatic carbocycles. The van der Waals surface area contributed by atoms with Crippen LogP contribution in [0.5, 0.6) is 5.75 Å². The largest absolute Gasteiger partial charge is 0.496 e. The number of aryl methyl sites for hydroxylation is 1. The van der Waals surface area contributed by atoms with Crippen molar-refractivity contribution in [2.45, 2.75) is 0 Å². The molecule has 0 amide bonds. The Morgan fingerprint density at radius 3 is 2.89 bits per heavy atom. The zero-order valence-corrected chi connectivity index (χ0v) is 10.3. The van der Waals surface area contributed by atoms with E-state index in [0.29, 0.717) is 5.69 Å². The first-order valence-electron chi connectivity index (χ1n) is 5.64. The normalized spacial score (nSPS) is 11.0. The average Bonchev–Trinajstić information content (AvgIpc) is 2.93. The third-order valence-corrected chi connectivity index (χ3v) is 3.11. The van der Waals surface area contributed by atoms with Crippen LogP contribution in [0.1, 0.15) is 0 Å². The fourth-order valence-electron chi connectivity index (χ4n) is 2.29. The summed E-state index contributed by atoms with van der Waals surface area (Å²) in [4.78, 5) is 3.23. The van der Waals surface area contributed by atoms with E-state index in [0.717, 1.165) is 27.9 Å². The number of rotatable bonds is 2. The Morgan fingerprint density at radius 1 is 1.39 bits per heavy atom. The maximum atomic E-state index is 5.98. The Bertz CT molecular complexity index is 691. The molecule has 3 N–H and O–H groups in total. The molecule has 18 heavy (non-hydrogen) atoms. The highest BCUT2D eigenvalue weighted by Crippen LogP contribution is 2.37. The first-order valence-corrected chi connectivity index (χ1v) is 5.64. The Kier molecular flexibility index (Phi) is 2.26. The molecule has 3 aromatic rings. The van der Waals surface area contributed by atoms with Crippen molar-refractivity contribution < 1.29 is 4.74 Å². The van der Waals surface area contributed by atoms with Gasteiger partial charge in [0.05, 0.1) is 30.1 Å². The summed E-state index contributed by atoms with van der Waals surface area (Å²) in [5, 5.41) is 5.19. The molecule has 3 rings (SSSR count). The van der Waals surface area contributed by atoms with Crippen molar-refractivity contribution in [1.29, 1.82) is 0 Å². The molecule has 0 fully saturated rings. The van der Waals surface area contributed by atoms with E-state index in [1.165, 1.54) is 0 Å². The van der Waals surface area contributed by atoms with Crippen LogP contribution in [0.4, 0.5) is 5.69 Å². The maximum absolute atomic E-state index is 5.98. The minimum Gasteiger partial charge on any atom is -0.496 e. The quantitative estimate of drug-likeness (QED) is 0.723. The summed E-state index contributed by atoms with van der Waals surface area (Å²) in [7, 11) is 3.54. The molecule has 0 aliphatic rings. The molecule has 92 valence electrons. The highest BCUT2D eigenvalue weighted by molar-refractivity contribution is 6.01. The van der Waals surface area contributed by atoms with Gasteiger partial charge in [-0.05, 0) is 12.1 Å². The minimum atomic E-state index is 0.657. The fourth-order valence-corrected chi connectivity index (χ4v) is 2.29. The van der Waals surface area contributed by atoms with Crippen molar-refractivity contribution >= 4 is 16.6 Å². The van der Waals surface area contributed by atoms with Gasteiger partial charge in [-0.3, -0.25) is 4.68 Å². The van der Waals surface area contributed by atoms with Gasteiger partial charge in [0, 0.05) is 24.3 Å². The molecule has 0 radical (unpaired) electrons. The van der Waals surface area contributed by atoms with Gasteiger partial charge in [0.15, 0.2) is 0 Å². The number of nitrogens with two attached hydrogens (primary N) is 1. The monoisotopic (exact) mass is 242 g/mol. The number of ether oxygens (including phenoxy) is 1. The Labute approximate surface area is 104 Å². The number of aromatic nitrogens is 3. The molecule has 0 saturated heterocycles. The number of nitrogens with zero attached hydrogens (tertiary/aromatic N) is 2. The Morgan fingerprint density at radius 2 is 2.22 bits per heavy atom. The Hall–Kier alpha value is -2.43. The van der Waals surface area contributed by atoms with E-state index in [-0.39, 0.29) is 0 Å². The highest BCUT2D eigenvalue weighted by atomic mass is 16.5. The van der Waals surface area contributed by atoms with Crippen molar-refractivity contribution in [3.05, 3.63) is 30.6 Å². The lowest BCUT2D eigenvalue weighted by atomic mass is 10.1. The predicted octanol–water partition coefficient (Wildman–Crippen LogP) is 2.16. The standard InChI is InChI=1S/C13H14N4O/c1-17-13(9(14)7-16-17)8-6-15-10-4-3-5-11(18-2)12(8)10/h3-7,15H,14H2,1-2H3. The number of hydrogen-bond donors (Lipinski definition) is 2. The number of aromatic amines is 1. The lowest BCUT2D eigenvalue weighted by Gasteiger charge is -2.06. The molecule has 5 nitrogen and oxygen atoms in total. The molecule has 0 spiro atoms. The van der Waals surface area contributed by atoms with Crippen LogP contribution in [-0.4, -0.2) is 21.9 Å². The van der Waals surface area contributed by atoms with Gasteiger partial charge in [-0.15, -0.1) is 0 Å². The summed E-state index contributed by atoms with van der Waals surface area (Å²) in [6, 6.07) is 5.90. The third kappa shape index (κ3) is 1.37. The first kappa shape index (κ1) is 10.7. The van der Waals surface area contributed by atoms with Crippen LogP contribution in [0.25, 0.3) is 22.2 Å². The summed E-state index contributed by atoms with van der Waals surface area (Å²) >= 11 is 0. The molecule has 1 aromatic carbocycles. The summed E-state index contributed by atoms with van der Waals surface area (Å²) in [5.74, 6) is 0.823. The smallest absolute Gasteiger partial charge is 0.128 e. The molecule has 0 unspecified atom stereocenters. The van der Waals surface area contributed by atoms with Gasteiger partial charge in [-0.2, -0.15) is 5.10 Å². The summed E-state index contributed by atoms with van der Waals surface area (Å²) in [6.07, 6.45) is 3.59. The SMILES string of the molecule is COc1cccc2[nH]cc(-c3c(N)cnn3C)c12. The number of nitrogen functional groups attached to an aromatic ring is 1. The van der Waals surface area contributed by atoms with E-state index in [1.807, 2.05) is 31.4 Å². The lowest BCUT2D eigenvalue weighted by molar-refractivity contribution is 0.420. The van der Waals surface area contributed by atoms with Crippen LogP contribution in [0.15, 0.2) is 30.6 Å². The van der Waals surface area contributed by atoms with Crippen LogP contribution in [0.2, 0.25) is 0 Å². The molecular formula is C13H14N4O. The molecule has 0 saturated carbocycles. The summed E-state index contributed by atoms with van der Waals surface area (Å²) in [6.45, 7) is 0. The van der Waals surface area contributed by atoms with E-state index < -0.39 is 0 Å². The summed E-state index contributed by atoms with van der Waals surface area (Å²) in [5.41, 5.74) is 9.55. The molecule has 5 heteroatoms. The van der Waals surface area contributed by atoms with Crippen LogP contribution in [-0.2, 0) is 7.05 Å². The van der Waals surface area contributed by atoms with Crippen LogP contribution in [0.3, 0.4) is 0 Å². The van der Waals surface area contributed by atoms with Gasteiger partial charge in [-0.25, -0.2) is 0 Å². The number of hydrogen-bond acceptors (Lipinski definition) is 3. The number of H-pyrrole nitrogens is 1. The molecule has 2 heterocycles. The van der Waals surface area contributed by atoms with Crippen LogP contribution in [0, 0.1) is 0 Å². The predicted molar refractivity (Wildman–Crippen MR) is 71.5 cm³/mol. The van der Waals surface area contributed by atoms with Gasteiger partial charge in [0.25, 0.3) is 0 Å². The van der Waals surface area contributed by atoms with Gasteiger partial charge in [0.2, 0.25) is 0 Å². The molecule has 0 atom stereocenters. The maximum Gasteiger partial charge on any atom is 0.128 e. The van der Waals surface area contributed by atoms with Crippen molar-refractivity contribution in [1.82, 2.24) is 14.8 Å². The van der Waals surface area contributed by atoms with Crippen molar-refractivity contribution in [3.8, 4) is 17.0 Å². The summed E-state index contributed by atoms with van der Waals surface area (Å²) < 4.78 is 7.18. The molecule has 0 aliphatic heterocycles. The highest BCUT2D eigenvalue weighted by Gasteiger charge is 2.16. The second-order valence-corrected chi connectivity index (χ2v) is 4.16.